The Bertz CT molecular complexity index is 368. The predicted molar refractivity (Wildman–Crippen MR) is 73.2 cm³/mol. The van der Waals surface area contributed by atoms with Gasteiger partial charge in [0.1, 0.15) is 5.60 Å². The monoisotopic (exact) mass is 249 g/mol. The molecule has 0 amide bonds. The van der Waals surface area contributed by atoms with E-state index < -0.39 is 5.60 Å². The highest BCUT2D eigenvalue weighted by Crippen LogP contribution is 2.11. The van der Waals surface area contributed by atoms with E-state index in [1.807, 2.05) is 51.1 Å². The van der Waals surface area contributed by atoms with Gasteiger partial charge in [-0.3, -0.25) is 4.79 Å². The molecule has 18 heavy (non-hydrogen) atoms. The molecule has 0 aliphatic carbocycles. The molecule has 1 rings (SSSR count). The van der Waals surface area contributed by atoms with Crippen LogP contribution in [0.15, 0.2) is 30.3 Å². The van der Waals surface area contributed by atoms with Gasteiger partial charge in [-0.25, -0.2) is 0 Å². The fourth-order valence-electron chi connectivity index (χ4n) is 1.71. The van der Waals surface area contributed by atoms with Gasteiger partial charge in [-0.05, 0) is 39.2 Å². The van der Waals surface area contributed by atoms with Gasteiger partial charge in [-0.1, -0.05) is 30.3 Å². The largest absolute Gasteiger partial charge is 0.460 e. The highest BCUT2D eigenvalue weighted by atomic mass is 16.6. The van der Waals surface area contributed by atoms with Crippen molar-refractivity contribution in [2.45, 2.75) is 51.7 Å². The van der Waals surface area contributed by atoms with Crippen LogP contribution in [0.5, 0.6) is 0 Å². The van der Waals surface area contributed by atoms with Crippen LogP contribution in [0.25, 0.3) is 0 Å². The van der Waals surface area contributed by atoms with Crippen LogP contribution in [0, 0.1) is 0 Å². The van der Waals surface area contributed by atoms with Gasteiger partial charge < -0.3 is 10.5 Å². The first-order valence-electron chi connectivity index (χ1n) is 6.38. The van der Waals surface area contributed by atoms with Crippen molar-refractivity contribution in [2.75, 3.05) is 0 Å². The van der Waals surface area contributed by atoms with E-state index >= 15 is 0 Å². The van der Waals surface area contributed by atoms with Crippen molar-refractivity contribution < 1.29 is 9.53 Å². The van der Waals surface area contributed by atoms with Gasteiger partial charge in [-0.15, -0.1) is 0 Å². The van der Waals surface area contributed by atoms with Gasteiger partial charge >= 0.3 is 5.97 Å². The molecule has 3 heteroatoms. The van der Waals surface area contributed by atoms with Crippen LogP contribution < -0.4 is 5.73 Å². The zero-order valence-corrected chi connectivity index (χ0v) is 11.5. The third-order valence-electron chi connectivity index (χ3n) is 2.48. The third-order valence-corrected chi connectivity index (χ3v) is 2.48. The van der Waals surface area contributed by atoms with Crippen LogP contribution in [0.4, 0.5) is 0 Å². The van der Waals surface area contributed by atoms with Crippen LogP contribution in [-0.2, 0) is 16.0 Å². The molecule has 0 aliphatic heterocycles. The Labute approximate surface area is 109 Å². The molecule has 1 aromatic carbocycles. The summed E-state index contributed by atoms with van der Waals surface area (Å²) in [6.45, 7) is 5.61. The number of carbonyl (C=O) groups is 1. The topological polar surface area (TPSA) is 52.3 Å². The van der Waals surface area contributed by atoms with Crippen molar-refractivity contribution in [3.63, 3.8) is 0 Å². The first kappa shape index (κ1) is 14.7. The fourth-order valence-corrected chi connectivity index (χ4v) is 1.71. The second kappa shape index (κ2) is 6.55. The van der Waals surface area contributed by atoms with E-state index in [-0.39, 0.29) is 12.0 Å². The Hall–Kier alpha value is -1.35. The van der Waals surface area contributed by atoms with Gasteiger partial charge in [-0.2, -0.15) is 0 Å². The Balaban J connectivity index is 2.29. The van der Waals surface area contributed by atoms with Crippen LogP contribution >= 0.6 is 0 Å². The standard InChI is InChI=1S/C15H23NO2/c1-15(2,3)18-14(17)10-9-13(16)11-12-7-5-4-6-8-12/h4-8,13H,9-11,16H2,1-3H3/t13-/m0/s1. The predicted octanol–water partition coefficient (Wildman–Crippen LogP) is 2.68. The van der Waals surface area contributed by atoms with E-state index in [9.17, 15) is 4.79 Å². The first-order valence-corrected chi connectivity index (χ1v) is 6.38. The number of ether oxygens (including phenoxy) is 1. The molecule has 0 unspecified atom stereocenters. The summed E-state index contributed by atoms with van der Waals surface area (Å²) in [6.07, 6.45) is 1.83. The summed E-state index contributed by atoms with van der Waals surface area (Å²) < 4.78 is 5.24. The number of benzene rings is 1. The zero-order valence-electron chi connectivity index (χ0n) is 11.5. The maximum Gasteiger partial charge on any atom is 0.306 e. The van der Waals surface area contributed by atoms with Gasteiger partial charge in [0, 0.05) is 12.5 Å². The molecule has 1 atom stereocenters. The molecule has 0 spiro atoms. The summed E-state index contributed by atoms with van der Waals surface area (Å²) in [6, 6.07) is 10.1. The Kier molecular flexibility index (Phi) is 5.35. The Morgan fingerprint density at radius 2 is 1.89 bits per heavy atom. The maximum atomic E-state index is 11.5. The van der Waals surface area contributed by atoms with Gasteiger partial charge in [0.05, 0.1) is 0 Å². The van der Waals surface area contributed by atoms with E-state index in [2.05, 4.69) is 0 Å². The van der Waals surface area contributed by atoms with Crippen LogP contribution in [0.3, 0.4) is 0 Å². The summed E-state index contributed by atoms with van der Waals surface area (Å²) in [5.74, 6) is -0.175. The quantitative estimate of drug-likeness (QED) is 0.816. The lowest BCUT2D eigenvalue weighted by atomic mass is 10.0. The molecular weight excluding hydrogens is 226 g/mol. The van der Waals surface area contributed by atoms with Crippen molar-refractivity contribution in [2.24, 2.45) is 5.73 Å². The van der Waals surface area contributed by atoms with Gasteiger partial charge in [0.25, 0.3) is 0 Å². The number of hydrogen-bond donors (Lipinski definition) is 1. The normalized spacial score (nSPS) is 13.1. The summed E-state index contributed by atoms with van der Waals surface area (Å²) in [7, 11) is 0. The lowest BCUT2D eigenvalue weighted by Crippen LogP contribution is -2.27. The average molecular weight is 249 g/mol. The molecule has 0 aliphatic rings. The molecule has 0 bridgehead atoms. The van der Waals surface area contributed by atoms with E-state index in [1.54, 1.807) is 0 Å². The number of hydrogen-bond acceptors (Lipinski definition) is 3. The number of carbonyl (C=O) groups excluding carboxylic acids is 1. The van der Waals surface area contributed by atoms with Crippen molar-refractivity contribution >= 4 is 5.97 Å². The van der Waals surface area contributed by atoms with Gasteiger partial charge in [0.15, 0.2) is 0 Å². The van der Waals surface area contributed by atoms with Crippen molar-refractivity contribution in [1.82, 2.24) is 0 Å². The third kappa shape index (κ3) is 6.40. The lowest BCUT2D eigenvalue weighted by Gasteiger charge is -2.20. The summed E-state index contributed by atoms with van der Waals surface area (Å²) in [5.41, 5.74) is 6.80. The van der Waals surface area contributed by atoms with Crippen molar-refractivity contribution in [3.8, 4) is 0 Å². The fraction of sp³-hybridized carbons (Fsp3) is 0.533. The van der Waals surface area contributed by atoms with Crippen LogP contribution in [-0.4, -0.2) is 17.6 Å². The lowest BCUT2D eigenvalue weighted by molar-refractivity contribution is -0.155. The Morgan fingerprint density at radius 3 is 2.44 bits per heavy atom. The molecule has 3 nitrogen and oxygen atoms in total. The highest BCUT2D eigenvalue weighted by Gasteiger charge is 2.16. The minimum Gasteiger partial charge on any atom is -0.460 e. The second-order valence-corrected chi connectivity index (χ2v) is 5.57. The summed E-state index contributed by atoms with van der Waals surface area (Å²) in [5, 5.41) is 0. The molecular formula is C15H23NO2. The number of rotatable bonds is 5. The zero-order chi connectivity index (χ0) is 13.6. The van der Waals surface area contributed by atoms with Crippen molar-refractivity contribution in [1.29, 1.82) is 0 Å². The SMILES string of the molecule is CC(C)(C)OC(=O)CC[C@H](N)Cc1ccccc1. The first-order chi connectivity index (χ1) is 8.37. The average Bonchev–Trinajstić information content (AvgIpc) is 2.25. The number of esters is 1. The molecule has 0 aromatic heterocycles. The Morgan fingerprint density at radius 1 is 1.28 bits per heavy atom. The molecule has 0 heterocycles. The van der Waals surface area contributed by atoms with E-state index in [0.29, 0.717) is 12.8 Å². The smallest absolute Gasteiger partial charge is 0.306 e. The molecule has 0 saturated heterocycles. The molecule has 0 saturated carbocycles. The van der Waals surface area contributed by atoms with Gasteiger partial charge in [0.2, 0.25) is 0 Å². The molecule has 0 fully saturated rings. The maximum absolute atomic E-state index is 11.5. The molecule has 1 aromatic rings. The molecule has 2 N–H and O–H groups in total. The molecule has 0 radical (unpaired) electrons. The number of nitrogens with two attached hydrogens (primary N) is 1. The van der Waals surface area contributed by atoms with Crippen molar-refractivity contribution in [3.05, 3.63) is 35.9 Å². The minimum atomic E-state index is -0.416. The highest BCUT2D eigenvalue weighted by molar-refractivity contribution is 5.69. The summed E-state index contributed by atoms with van der Waals surface area (Å²) in [4.78, 5) is 11.5. The van der Waals surface area contributed by atoms with E-state index in [1.165, 1.54) is 5.56 Å². The van der Waals surface area contributed by atoms with Crippen LogP contribution in [0.2, 0.25) is 0 Å². The molecule has 100 valence electrons. The summed E-state index contributed by atoms with van der Waals surface area (Å²) >= 11 is 0. The van der Waals surface area contributed by atoms with E-state index in [0.717, 1.165) is 6.42 Å². The van der Waals surface area contributed by atoms with E-state index in [4.69, 9.17) is 10.5 Å². The minimum absolute atomic E-state index is 0.0000756. The second-order valence-electron chi connectivity index (χ2n) is 5.57. The van der Waals surface area contributed by atoms with Crippen LogP contribution in [0.1, 0.15) is 39.2 Å².